The third kappa shape index (κ3) is 5.19. The number of rotatable bonds is 9. The van der Waals surface area contributed by atoms with Crippen LogP contribution in [0.15, 0.2) is 65.3 Å². The van der Waals surface area contributed by atoms with Crippen LogP contribution >= 0.6 is 0 Å². The minimum Gasteiger partial charge on any atom is -0.481 e. The van der Waals surface area contributed by atoms with Crippen molar-refractivity contribution in [3.8, 4) is 22.5 Å². The predicted octanol–water partition coefficient (Wildman–Crippen LogP) is 6.63. The topological polar surface area (TPSA) is 88.2 Å². The second kappa shape index (κ2) is 9.94. The van der Waals surface area contributed by atoms with Crippen molar-refractivity contribution in [2.45, 2.75) is 31.9 Å². The summed E-state index contributed by atoms with van der Waals surface area (Å²) < 4.78 is 45.4. The Kier molecular flexibility index (Phi) is 6.81. The Labute approximate surface area is 193 Å². The summed E-state index contributed by atoms with van der Waals surface area (Å²) in [6.45, 7) is 0.546. The zero-order valence-electron chi connectivity index (χ0n) is 18.1. The van der Waals surface area contributed by atoms with Gasteiger partial charge in [-0.1, -0.05) is 48.9 Å². The van der Waals surface area contributed by atoms with Crippen molar-refractivity contribution in [1.29, 1.82) is 0 Å². The number of fused-ring (bicyclic) bond motifs is 1. The van der Waals surface area contributed by atoms with E-state index in [4.69, 9.17) is 9.52 Å². The summed E-state index contributed by atoms with van der Waals surface area (Å²) in [6.07, 6.45) is -0.897. The SMILES string of the molecule is O=C(O)CCCCCNc1ncnc2oc(-c3ccccc3)c(-c3ccc(C(F)(F)F)cc3)c12. The smallest absolute Gasteiger partial charge is 0.416 e. The van der Waals surface area contributed by atoms with Crippen LogP contribution in [-0.2, 0) is 11.0 Å². The first-order valence-corrected chi connectivity index (χ1v) is 10.8. The van der Waals surface area contributed by atoms with Crippen LogP contribution in [0.3, 0.4) is 0 Å². The molecule has 0 atom stereocenters. The van der Waals surface area contributed by atoms with Crippen LogP contribution in [-0.4, -0.2) is 27.6 Å². The van der Waals surface area contributed by atoms with Crippen molar-refractivity contribution in [2.24, 2.45) is 0 Å². The Morgan fingerprint density at radius 1 is 0.941 bits per heavy atom. The lowest BCUT2D eigenvalue weighted by Crippen LogP contribution is -2.05. The molecule has 0 aliphatic rings. The largest absolute Gasteiger partial charge is 0.481 e. The van der Waals surface area contributed by atoms with Gasteiger partial charge in [-0.05, 0) is 30.5 Å². The van der Waals surface area contributed by atoms with Crippen molar-refractivity contribution in [3.63, 3.8) is 0 Å². The number of nitrogens with one attached hydrogen (secondary N) is 1. The van der Waals surface area contributed by atoms with Crippen LogP contribution in [0.4, 0.5) is 19.0 Å². The van der Waals surface area contributed by atoms with Crippen LogP contribution in [0.1, 0.15) is 31.2 Å². The maximum Gasteiger partial charge on any atom is 0.416 e. The van der Waals surface area contributed by atoms with Gasteiger partial charge in [0.2, 0.25) is 5.71 Å². The fourth-order valence-electron chi connectivity index (χ4n) is 3.75. The predicted molar refractivity (Wildman–Crippen MR) is 122 cm³/mol. The molecule has 2 aromatic heterocycles. The Balaban J connectivity index is 1.73. The number of carboxylic acid groups (broad SMARTS) is 1. The molecule has 2 aromatic carbocycles. The summed E-state index contributed by atoms with van der Waals surface area (Å²) in [5.74, 6) is 0.169. The van der Waals surface area contributed by atoms with Crippen LogP contribution in [0, 0.1) is 0 Å². The number of furan rings is 1. The fraction of sp³-hybridized carbons (Fsp3) is 0.240. The zero-order valence-corrected chi connectivity index (χ0v) is 18.1. The average molecular weight is 469 g/mol. The van der Waals surface area contributed by atoms with Crippen LogP contribution < -0.4 is 5.32 Å². The normalized spacial score (nSPS) is 11.6. The molecule has 0 aliphatic carbocycles. The summed E-state index contributed by atoms with van der Waals surface area (Å²) in [7, 11) is 0. The molecule has 4 aromatic rings. The highest BCUT2D eigenvalue weighted by atomic mass is 19.4. The molecule has 0 unspecified atom stereocenters. The number of anilines is 1. The van der Waals surface area contributed by atoms with E-state index in [1.165, 1.54) is 18.5 Å². The number of nitrogens with zero attached hydrogens (tertiary/aromatic N) is 2. The molecule has 34 heavy (non-hydrogen) atoms. The number of unbranched alkanes of at least 4 members (excludes halogenated alkanes) is 2. The lowest BCUT2D eigenvalue weighted by molar-refractivity contribution is -0.138. The van der Waals surface area contributed by atoms with E-state index in [2.05, 4.69) is 15.3 Å². The Morgan fingerprint density at radius 2 is 1.68 bits per heavy atom. The highest BCUT2D eigenvalue weighted by molar-refractivity contribution is 6.05. The number of carbonyl (C=O) groups is 1. The molecular formula is C25H22F3N3O3. The number of carboxylic acids is 1. The third-order valence-electron chi connectivity index (χ3n) is 5.39. The Bertz CT molecular complexity index is 1270. The van der Waals surface area contributed by atoms with E-state index >= 15 is 0 Å². The minimum atomic E-state index is -4.43. The molecule has 0 radical (unpaired) electrons. The lowest BCUT2D eigenvalue weighted by Gasteiger charge is -2.10. The molecule has 2 N–H and O–H groups in total. The van der Waals surface area contributed by atoms with Crippen LogP contribution in [0.2, 0.25) is 0 Å². The van der Waals surface area contributed by atoms with E-state index in [0.717, 1.165) is 30.5 Å². The van der Waals surface area contributed by atoms with E-state index in [1.54, 1.807) is 0 Å². The number of aromatic nitrogens is 2. The molecule has 0 amide bonds. The molecule has 9 heteroatoms. The van der Waals surface area contributed by atoms with Crippen molar-refractivity contribution < 1.29 is 27.5 Å². The molecule has 0 saturated carbocycles. The van der Waals surface area contributed by atoms with Gasteiger partial charge in [0.25, 0.3) is 0 Å². The highest BCUT2D eigenvalue weighted by Crippen LogP contribution is 2.43. The van der Waals surface area contributed by atoms with E-state index in [9.17, 15) is 18.0 Å². The van der Waals surface area contributed by atoms with Crippen molar-refractivity contribution >= 4 is 22.9 Å². The maximum atomic E-state index is 13.1. The van der Waals surface area contributed by atoms with Gasteiger partial charge in [-0.15, -0.1) is 0 Å². The maximum absolute atomic E-state index is 13.1. The molecule has 4 rings (SSSR count). The summed E-state index contributed by atoms with van der Waals surface area (Å²) in [4.78, 5) is 19.3. The molecule has 6 nitrogen and oxygen atoms in total. The highest BCUT2D eigenvalue weighted by Gasteiger charge is 2.30. The molecule has 0 saturated heterocycles. The summed E-state index contributed by atoms with van der Waals surface area (Å²) >= 11 is 0. The number of alkyl halides is 3. The Morgan fingerprint density at radius 3 is 2.35 bits per heavy atom. The van der Waals surface area contributed by atoms with Gasteiger partial charge in [0.15, 0.2) is 0 Å². The van der Waals surface area contributed by atoms with Crippen LogP contribution in [0.5, 0.6) is 0 Å². The van der Waals surface area contributed by atoms with Gasteiger partial charge < -0.3 is 14.8 Å². The molecule has 0 spiro atoms. The van der Waals surface area contributed by atoms with Gasteiger partial charge >= 0.3 is 12.1 Å². The summed E-state index contributed by atoms with van der Waals surface area (Å²) in [6, 6.07) is 14.2. The monoisotopic (exact) mass is 469 g/mol. The summed E-state index contributed by atoms with van der Waals surface area (Å²) in [5, 5.41) is 12.6. The van der Waals surface area contributed by atoms with E-state index in [1.807, 2.05) is 30.3 Å². The molecule has 0 fully saturated rings. The van der Waals surface area contributed by atoms with Crippen molar-refractivity contribution in [2.75, 3.05) is 11.9 Å². The van der Waals surface area contributed by atoms with Crippen LogP contribution in [0.25, 0.3) is 33.6 Å². The van der Waals surface area contributed by atoms with E-state index in [-0.39, 0.29) is 6.42 Å². The second-order valence-electron chi connectivity index (χ2n) is 7.78. The number of hydrogen-bond donors (Lipinski definition) is 2. The van der Waals surface area contributed by atoms with Gasteiger partial charge in [-0.25, -0.2) is 9.97 Å². The molecule has 0 bridgehead atoms. The van der Waals surface area contributed by atoms with E-state index < -0.39 is 17.7 Å². The molecule has 0 aliphatic heterocycles. The zero-order chi connectivity index (χ0) is 24.1. The number of benzene rings is 2. The van der Waals surface area contributed by atoms with Gasteiger partial charge in [0, 0.05) is 24.1 Å². The van der Waals surface area contributed by atoms with Crippen molar-refractivity contribution in [1.82, 2.24) is 9.97 Å². The third-order valence-corrected chi connectivity index (χ3v) is 5.39. The quantitative estimate of drug-likeness (QED) is 0.268. The standard InChI is InChI=1S/C25H22F3N3O3/c26-25(27,28)18-12-10-16(11-13-18)20-21-23(29-14-6-2-5-9-19(32)33)30-15-31-24(21)34-22(20)17-7-3-1-4-8-17/h1,3-4,7-8,10-13,15H,2,5-6,9,14H2,(H,32,33)(H,29,30,31). The second-order valence-corrected chi connectivity index (χ2v) is 7.78. The number of halogens is 3. The molecular weight excluding hydrogens is 447 g/mol. The molecule has 2 heterocycles. The number of aliphatic carboxylic acids is 1. The lowest BCUT2D eigenvalue weighted by atomic mass is 9.98. The van der Waals surface area contributed by atoms with Crippen molar-refractivity contribution in [3.05, 3.63) is 66.5 Å². The van der Waals surface area contributed by atoms with Gasteiger partial charge in [-0.3, -0.25) is 4.79 Å². The van der Waals surface area contributed by atoms with Gasteiger partial charge in [-0.2, -0.15) is 13.2 Å². The van der Waals surface area contributed by atoms with Gasteiger partial charge in [0.1, 0.15) is 17.9 Å². The summed E-state index contributed by atoms with van der Waals surface area (Å²) in [5.41, 5.74) is 1.49. The first kappa shape index (κ1) is 23.3. The molecule has 176 valence electrons. The first-order valence-electron chi connectivity index (χ1n) is 10.8. The first-order chi connectivity index (χ1) is 16.3. The minimum absolute atomic E-state index is 0.123. The fourth-order valence-corrected chi connectivity index (χ4v) is 3.75. The van der Waals surface area contributed by atoms with E-state index in [0.29, 0.717) is 46.8 Å². The average Bonchev–Trinajstić information content (AvgIpc) is 3.22. The number of hydrogen-bond acceptors (Lipinski definition) is 5. The van der Waals surface area contributed by atoms with Gasteiger partial charge in [0.05, 0.1) is 10.9 Å². The Hall–Kier alpha value is -3.88.